The molecule has 8 heteroatoms. The number of Topliss-reactive ketones (excluding diaryl/α,β-unsaturated/α-hetero) is 1. The molecule has 0 aliphatic heterocycles. The lowest BCUT2D eigenvalue weighted by molar-refractivity contribution is 0.0475. The first-order valence-corrected chi connectivity index (χ1v) is 12.2. The van der Waals surface area contributed by atoms with Gasteiger partial charge in [0.05, 0.1) is 22.8 Å². The van der Waals surface area contributed by atoms with Gasteiger partial charge in [-0.05, 0) is 86.8 Å². The van der Waals surface area contributed by atoms with E-state index in [0.717, 1.165) is 16.7 Å². The number of ketones is 1. The Morgan fingerprint density at radius 2 is 1.50 bits per heavy atom. The van der Waals surface area contributed by atoms with Crippen LogP contribution in [0.15, 0.2) is 65.6 Å². The summed E-state index contributed by atoms with van der Waals surface area (Å²) in [4.78, 5) is 25.4. The van der Waals surface area contributed by atoms with Crippen LogP contribution in [0.25, 0.3) is 0 Å². The Kier molecular flexibility index (Phi) is 7.73. The van der Waals surface area contributed by atoms with Crippen LogP contribution in [0.1, 0.15) is 44.3 Å². The normalized spacial score (nSPS) is 11.1. The molecule has 0 spiro atoms. The molecular formula is C26H27NO6S. The summed E-state index contributed by atoms with van der Waals surface area (Å²) < 4.78 is 38.7. The fourth-order valence-corrected chi connectivity index (χ4v) is 4.46. The first-order valence-electron chi connectivity index (χ1n) is 10.7. The van der Waals surface area contributed by atoms with Crippen LogP contribution < -0.4 is 9.46 Å². The van der Waals surface area contributed by atoms with Crippen LogP contribution in [0.4, 0.5) is 5.69 Å². The predicted octanol–water partition coefficient (Wildman–Crippen LogP) is 4.85. The highest BCUT2D eigenvalue weighted by atomic mass is 32.2. The number of anilines is 1. The summed E-state index contributed by atoms with van der Waals surface area (Å²) in [5.74, 6) is -0.588. The SMILES string of the molecule is CCOc1ccc(S(=O)(=O)Nc2ccccc2C(=O)OCC(=O)c2cc(C)c(C)cc2C)cc1. The van der Waals surface area contributed by atoms with E-state index >= 15 is 0 Å². The highest BCUT2D eigenvalue weighted by molar-refractivity contribution is 7.92. The minimum atomic E-state index is -3.97. The molecule has 178 valence electrons. The quantitative estimate of drug-likeness (QED) is 0.346. The number of rotatable bonds is 9. The monoisotopic (exact) mass is 481 g/mol. The second kappa shape index (κ2) is 10.5. The van der Waals surface area contributed by atoms with E-state index in [1.165, 1.54) is 24.3 Å². The third kappa shape index (κ3) is 5.82. The van der Waals surface area contributed by atoms with Crippen LogP contribution in [0.3, 0.4) is 0 Å². The summed E-state index contributed by atoms with van der Waals surface area (Å²) in [6.45, 7) is 7.53. The van der Waals surface area contributed by atoms with E-state index < -0.39 is 22.6 Å². The number of aryl methyl sites for hydroxylation is 3. The molecule has 0 radical (unpaired) electrons. The molecule has 0 aliphatic carbocycles. The molecule has 1 N–H and O–H groups in total. The van der Waals surface area contributed by atoms with Crippen LogP contribution in [-0.4, -0.2) is 33.4 Å². The third-order valence-electron chi connectivity index (χ3n) is 5.31. The molecule has 3 aromatic rings. The molecule has 0 saturated carbocycles. The minimum Gasteiger partial charge on any atom is -0.494 e. The fraction of sp³-hybridized carbons (Fsp3) is 0.231. The van der Waals surface area contributed by atoms with Gasteiger partial charge in [0.1, 0.15) is 5.75 Å². The summed E-state index contributed by atoms with van der Waals surface area (Å²) in [6, 6.07) is 15.7. The lowest BCUT2D eigenvalue weighted by Crippen LogP contribution is -2.19. The molecule has 0 fully saturated rings. The van der Waals surface area contributed by atoms with Crippen LogP contribution in [0, 0.1) is 20.8 Å². The molecule has 7 nitrogen and oxygen atoms in total. The Balaban J connectivity index is 1.75. The van der Waals surface area contributed by atoms with Gasteiger partial charge < -0.3 is 9.47 Å². The van der Waals surface area contributed by atoms with Crippen LogP contribution in [0.5, 0.6) is 5.75 Å². The molecule has 0 unspecified atom stereocenters. The number of carbonyl (C=O) groups excluding carboxylic acids is 2. The van der Waals surface area contributed by atoms with E-state index in [0.29, 0.717) is 17.9 Å². The Morgan fingerprint density at radius 1 is 0.853 bits per heavy atom. The molecule has 0 saturated heterocycles. The summed E-state index contributed by atoms with van der Waals surface area (Å²) in [5.41, 5.74) is 3.37. The number of benzene rings is 3. The second-order valence-electron chi connectivity index (χ2n) is 7.81. The van der Waals surface area contributed by atoms with Crippen molar-refractivity contribution in [3.63, 3.8) is 0 Å². The van der Waals surface area contributed by atoms with Crippen LogP contribution in [0.2, 0.25) is 0 Å². The lowest BCUT2D eigenvalue weighted by atomic mass is 9.98. The maximum absolute atomic E-state index is 12.8. The van der Waals surface area contributed by atoms with Gasteiger partial charge in [0.25, 0.3) is 10.0 Å². The van der Waals surface area contributed by atoms with Gasteiger partial charge in [0.15, 0.2) is 6.61 Å². The van der Waals surface area contributed by atoms with Gasteiger partial charge in [0.2, 0.25) is 5.78 Å². The Morgan fingerprint density at radius 3 is 2.18 bits per heavy atom. The largest absolute Gasteiger partial charge is 0.494 e. The maximum Gasteiger partial charge on any atom is 0.340 e. The Bertz CT molecular complexity index is 1310. The highest BCUT2D eigenvalue weighted by Crippen LogP contribution is 2.23. The summed E-state index contributed by atoms with van der Waals surface area (Å²) in [5, 5.41) is 0. The van der Waals surface area contributed by atoms with Crippen molar-refractivity contribution in [2.24, 2.45) is 0 Å². The minimum absolute atomic E-state index is 0.00150. The molecule has 0 bridgehead atoms. The van der Waals surface area contributed by atoms with Gasteiger partial charge in [-0.15, -0.1) is 0 Å². The Labute approximate surface area is 199 Å². The predicted molar refractivity (Wildman–Crippen MR) is 130 cm³/mol. The molecular weight excluding hydrogens is 454 g/mol. The van der Waals surface area contributed by atoms with Gasteiger partial charge in [-0.3, -0.25) is 9.52 Å². The molecule has 0 aliphatic rings. The molecule has 3 aromatic carbocycles. The smallest absolute Gasteiger partial charge is 0.340 e. The topological polar surface area (TPSA) is 98.8 Å². The maximum atomic E-state index is 12.8. The first-order chi connectivity index (χ1) is 16.1. The van der Waals surface area contributed by atoms with Crippen LogP contribution >= 0.6 is 0 Å². The third-order valence-corrected chi connectivity index (χ3v) is 6.69. The summed E-state index contributed by atoms with van der Waals surface area (Å²) in [6.07, 6.45) is 0. The summed E-state index contributed by atoms with van der Waals surface area (Å²) in [7, 11) is -3.97. The first kappa shape index (κ1) is 25.0. The van der Waals surface area contributed by atoms with E-state index in [4.69, 9.17) is 9.47 Å². The number of ether oxygens (including phenoxy) is 2. The zero-order chi connectivity index (χ0) is 24.9. The second-order valence-corrected chi connectivity index (χ2v) is 9.49. The van der Waals surface area contributed by atoms with Crippen molar-refractivity contribution < 1.29 is 27.5 Å². The Hall–Kier alpha value is -3.65. The number of carbonyl (C=O) groups is 2. The van der Waals surface area contributed by atoms with E-state index in [2.05, 4.69) is 4.72 Å². The number of nitrogens with one attached hydrogen (secondary N) is 1. The highest BCUT2D eigenvalue weighted by Gasteiger charge is 2.21. The van der Waals surface area contributed by atoms with Crippen molar-refractivity contribution >= 4 is 27.5 Å². The molecule has 34 heavy (non-hydrogen) atoms. The number of hydrogen-bond acceptors (Lipinski definition) is 6. The van der Waals surface area contributed by atoms with Gasteiger partial charge in [-0.25, -0.2) is 13.2 Å². The lowest BCUT2D eigenvalue weighted by Gasteiger charge is -2.13. The zero-order valence-corrected chi connectivity index (χ0v) is 20.4. The number of hydrogen-bond donors (Lipinski definition) is 1. The van der Waals surface area contributed by atoms with E-state index in [-0.39, 0.29) is 21.9 Å². The summed E-state index contributed by atoms with van der Waals surface area (Å²) >= 11 is 0. The number of sulfonamides is 1. The average Bonchev–Trinajstić information content (AvgIpc) is 2.80. The van der Waals surface area contributed by atoms with Crippen LogP contribution in [-0.2, 0) is 14.8 Å². The zero-order valence-electron chi connectivity index (χ0n) is 19.5. The molecule has 3 rings (SSSR count). The van der Waals surface area contributed by atoms with Crippen molar-refractivity contribution in [1.29, 1.82) is 0 Å². The van der Waals surface area contributed by atoms with Gasteiger partial charge in [-0.2, -0.15) is 0 Å². The van der Waals surface area contributed by atoms with Crippen molar-refractivity contribution in [3.05, 3.63) is 88.5 Å². The molecule has 0 heterocycles. The van der Waals surface area contributed by atoms with Gasteiger partial charge in [0, 0.05) is 5.56 Å². The van der Waals surface area contributed by atoms with E-state index in [1.807, 2.05) is 33.8 Å². The van der Waals surface area contributed by atoms with Gasteiger partial charge in [-0.1, -0.05) is 18.2 Å². The molecule has 0 aromatic heterocycles. The van der Waals surface area contributed by atoms with Gasteiger partial charge >= 0.3 is 5.97 Å². The van der Waals surface area contributed by atoms with Crippen molar-refractivity contribution in [2.45, 2.75) is 32.6 Å². The standard InChI is InChI=1S/C26H27NO6S/c1-5-32-20-10-12-21(13-11-20)34(30,31)27-24-9-7-6-8-22(24)26(29)33-16-25(28)23-15-18(3)17(2)14-19(23)4/h6-15,27H,5,16H2,1-4H3. The van der Waals surface area contributed by atoms with Crippen molar-refractivity contribution in [3.8, 4) is 5.75 Å². The number of esters is 1. The van der Waals surface area contributed by atoms with Crippen molar-refractivity contribution in [1.82, 2.24) is 0 Å². The molecule has 0 atom stereocenters. The molecule has 0 amide bonds. The average molecular weight is 482 g/mol. The number of para-hydroxylation sites is 1. The van der Waals surface area contributed by atoms with E-state index in [1.54, 1.807) is 30.3 Å². The van der Waals surface area contributed by atoms with Crippen molar-refractivity contribution in [2.75, 3.05) is 17.9 Å². The van der Waals surface area contributed by atoms with E-state index in [9.17, 15) is 18.0 Å². The fourth-order valence-electron chi connectivity index (χ4n) is 3.38.